The number of hydrogen-bond acceptors (Lipinski definition) is 2. The lowest BCUT2D eigenvalue weighted by molar-refractivity contribution is 0.417. The maximum absolute atomic E-state index is 6.07. The fourth-order valence-electron chi connectivity index (χ4n) is 2.83. The first-order valence-corrected chi connectivity index (χ1v) is 7.90. The summed E-state index contributed by atoms with van der Waals surface area (Å²) in [5, 5.41) is 4.55. The summed E-state index contributed by atoms with van der Waals surface area (Å²) in [6.07, 6.45) is 0.991. The zero-order chi connectivity index (χ0) is 15.7. The van der Waals surface area contributed by atoms with Crippen molar-refractivity contribution in [1.82, 2.24) is 0 Å². The molecule has 0 fully saturated rings. The molecule has 0 amide bonds. The van der Waals surface area contributed by atoms with Crippen molar-refractivity contribution in [1.29, 1.82) is 0 Å². The molecule has 0 saturated heterocycles. The molecule has 0 saturated carbocycles. The Hall–Kier alpha value is -1.78. The van der Waals surface area contributed by atoms with Crippen molar-refractivity contribution in [2.75, 3.05) is 17.3 Å². The van der Waals surface area contributed by atoms with Gasteiger partial charge in [0.1, 0.15) is 5.75 Å². The van der Waals surface area contributed by atoms with Crippen molar-refractivity contribution in [2.24, 2.45) is 0 Å². The van der Waals surface area contributed by atoms with Gasteiger partial charge < -0.3 is 15.0 Å². The zero-order valence-electron chi connectivity index (χ0n) is 12.5. The number of ether oxygens (including phenoxy) is 1. The first kappa shape index (κ1) is 15.1. The number of nitrogens with zero attached hydrogens (tertiary/aromatic N) is 1. The topological polar surface area (TPSA) is 24.5 Å². The van der Waals surface area contributed by atoms with E-state index < -0.39 is 0 Å². The van der Waals surface area contributed by atoms with Crippen LogP contribution >= 0.6 is 23.8 Å². The Morgan fingerprint density at radius 2 is 2.09 bits per heavy atom. The number of para-hydroxylation sites is 1. The monoisotopic (exact) mass is 332 g/mol. The van der Waals surface area contributed by atoms with Crippen molar-refractivity contribution < 1.29 is 4.74 Å². The molecular weight excluding hydrogens is 316 g/mol. The number of anilines is 2. The average Bonchev–Trinajstić information content (AvgIpc) is 2.83. The third kappa shape index (κ3) is 2.76. The summed E-state index contributed by atoms with van der Waals surface area (Å²) in [6.45, 7) is 2.17. The summed E-state index contributed by atoms with van der Waals surface area (Å²) < 4.78 is 5.36. The molecular formula is C17H17ClN2OS. The quantitative estimate of drug-likeness (QED) is 0.818. The molecule has 0 aliphatic carbocycles. The van der Waals surface area contributed by atoms with E-state index in [1.165, 1.54) is 5.56 Å². The molecule has 5 heteroatoms. The Labute approximate surface area is 140 Å². The van der Waals surface area contributed by atoms with E-state index >= 15 is 0 Å². The number of methoxy groups -OCH3 is 1. The third-order valence-corrected chi connectivity index (χ3v) is 4.36. The van der Waals surface area contributed by atoms with Crippen molar-refractivity contribution in [3.8, 4) is 5.75 Å². The predicted molar refractivity (Wildman–Crippen MR) is 96.3 cm³/mol. The van der Waals surface area contributed by atoms with E-state index in [2.05, 4.69) is 35.3 Å². The smallest absolute Gasteiger partial charge is 0.178 e. The van der Waals surface area contributed by atoms with E-state index in [1.807, 2.05) is 18.2 Å². The van der Waals surface area contributed by atoms with E-state index in [0.717, 1.165) is 17.8 Å². The van der Waals surface area contributed by atoms with Crippen LogP contribution in [0, 0.1) is 0 Å². The number of nitrogens with one attached hydrogen (secondary N) is 1. The number of benzene rings is 2. The van der Waals surface area contributed by atoms with Crippen LogP contribution in [-0.4, -0.2) is 18.3 Å². The third-order valence-electron chi connectivity index (χ3n) is 3.83. The molecule has 1 heterocycles. The number of thiocarbonyl (C=S) groups is 1. The van der Waals surface area contributed by atoms with Crippen molar-refractivity contribution >= 4 is 40.3 Å². The molecule has 0 bridgehead atoms. The van der Waals surface area contributed by atoms with Crippen LogP contribution in [0.25, 0.3) is 0 Å². The van der Waals surface area contributed by atoms with Gasteiger partial charge in [-0.2, -0.15) is 0 Å². The molecule has 0 unspecified atom stereocenters. The molecule has 0 aromatic heterocycles. The summed E-state index contributed by atoms with van der Waals surface area (Å²) in [5.74, 6) is 0.715. The van der Waals surface area contributed by atoms with Crippen LogP contribution in [0.3, 0.4) is 0 Å². The van der Waals surface area contributed by atoms with Gasteiger partial charge in [-0.1, -0.05) is 29.8 Å². The highest BCUT2D eigenvalue weighted by molar-refractivity contribution is 7.80. The lowest BCUT2D eigenvalue weighted by Crippen LogP contribution is -2.38. The van der Waals surface area contributed by atoms with Gasteiger partial charge in [0.05, 0.1) is 12.8 Å². The van der Waals surface area contributed by atoms with E-state index in [4.69, 9.17) is 28.6 Å². The largest absolute Gasteiger partial charge is 0.495 e. The molecule has 3 nitrogen and oxygen atoms in total. The molecule has 0 spiro atoms. The van der Waals surface area contributed by atoms with Crippen LogP contribution in [0.1, 0.15) is 12.5 Å². The van der Waals surface area contributed by atoms with Gasteiger partial charge in [0.15, 0.2) is 5.11 Å². The van der Waals surface area contributed by atoms with Gasteiger partial charge in [0.25, 0.3) is 0 Å². The van der Waals surface area contributed by atoms with Crippen LogP contribution in [0.5, 0.6) is 5.75 Å². The average molecular weight is 333 g/mol. The van der Waals surface area contributed by atoms with E-state index in [1.54, 1.807) is 13.2 Å². The molecule has 114 valence electrons. The van der Waals surface area contributed by atoms with Crippen LogP contribution in [0.2, 0.25) is 5.02 Å². The van der Waals surface area contributed by atoms with E-state index in [9.17, 15) is 0 Å². The summed E-state index contributed by atoms with van der Waals surface area (Å²) in [4.78, 5) is 2.14. The van der Waals surface area contributed by atoms with Crippen LogP contribution in [0.4, 0.5) is 11.4 Å². The Bertz CT molecular complexity index is 720. The standard InChI is InChI=1S/C17H17ClN2OS/c1-11-9-12-5-3-4-6-15(12)20(11)17(22)19-14-10-13(18)7-8-16(14)21-2/h3-8,10-11H,9H2,1-2H3,(H,19,22)/t11-/m1/s1. The first-order chi connectivity index (χ1) is 10.6. The lowest BCUT2D eigenvalue weighted by Gasteiger charge is -2.26. The van der Waals surface area contributed by atoms with Gasteiger partial charge in [0, 0.05) is 16.8 Å². The maximum Gasteiger partial charge on any atom is 0.178 e. The Morgan fingerprint density at radius 3 is 2.86 bits per heavy atom. The van der Waals surface area contributed by atoms with Crippen LogP contribution < -0.4 is 15.0 Å². The predicted octanol–water partition coefficient (Wildman–Crippen LogP) is 4.50. The minimum atomic E-state index is 0.322. The maximum atomic E-state index is 6.07. The van der Waals surface area contributed by atoms with E-state index in [0.29, 0.717) is 21.9 Å². The highest BCUT2D eigenvalue weighted by atomic mass is 35.5. The van der Waals surface area contributed by atoms with Gasteiger partial charge in [0.2, 0.25) is 0 Å². The number of hydrogen-bond donors (Lipinski definition) is 1. The Kier molecular flexibility index (Phi) is 4.23. The molecule has 1 N–H and O–H groups in total. The van der Waals surface area contributed by atoms with Crippen molar-refractivity contribution in [3.63, 3.8) is 0 Å². The molecule has 1 aliphatic heterocycles. The zero-order valence-corrected chi connectivity index (χ0v) is 14.0. The Morgan fingerprint density at radius 1 is 1.32 bits per heavy atom. The Balaban J connectivity index is 1.88. The highest BCUT2D eigenvalue weighted by Gasteiger charge is 2.28. The second-order valence-corrected chi connectivity index (χ2v) is 6.15. The molecule has 3 rings (SSSR count). The summed E-state index contributed by atoms with van der Waals surface area (Å²) in [6, 6.07) is 14.1. The molecule has 1 aliphatic rings. The minimum Gasteiger partial charge on any atom is -0.495 e. The highest BCUT2D eigenvalue weighted by Crippen LogP contribution is 2.34. The molecule has 22 heavy (non-hydrogen) atoms. The lowest BCUT2D eigenvalue weighted by atomic mass is 10.1. The minimum absolute atomic E-state index is 0.322. The summed E-state index contributed by atoms with van der Waals surface area (Å²) in [5.41, 5.74) is 3.25. The van der Waals surface area contributed by atoms with Gasteiger partial charge in [-0.25, -0.2) is 0 Å². The van der Waals surface area contributed by atoms with Gasteiger partial charge in [-0.05, 0) is 55.4 Å². The summed E-state index contributed by atoms with van der Waals surface area (Å²) in [7, 11) is 1.63. The second-order valence-electron chi connectivity index (χ2n) is 5.33. The second kappa shape index (κ2) is 6.15. The normalized spacial score (nSPS) is 16.3. The van der Waals surface area contributed by atoms with Crippen LogP contribution in [-0.2, 0) is 6.42 Å². The molecule has 2 aromatic rings. The molecule has 1 atom stereocenters. The number of halogens is 1. The van der Waals surface area contributed by atoms with Crippen molar-refractivity contribution in [3.05, 3.63) is 53.1 Å². The van der Waals surface area contributed by atoms with Crippen LogP contribution in [0.15, 0.2) is 42.5 Å². The van der Waals surface area contributed by atoms with Gasteiger partial charge in [-0.3, -0.25) is 0 Å². The van der Waals surface area contributed by atoms with Gasteiger partial charge in [-0.15, -0.1) is 0 Å². The SMILES string of the molecule is COc1ccc(Cl)cc1NC(=S)N1c2ccccc2C[C@H]1C. The fourth-order valence-corrected chi connectivity index (χ4v) is 3.39. The number of fused-ring (bicyclic) bond motifs is 1. The summed E-state index contributed by atoms with van der Waals surface area (Å²) >= 11 is 11.7. The fraction of sp³-hybridized carbons (Fsp3) is 0.235. The molecule has 0 radical (unpaired) electrons. The van der Waals surface area contributed by atoms with E-state index in [-0.39, 0.29) is 0 Å². The van der Waals surface area contributed by atoms with Gasteiger partial charge >= 0.3 is 0 Å². The molecule has 2 aromatic carbocycles. The first-order valence-electron chi connectivity index (χ1n) is 7.12. The van der Waals surface area contributed by atoms with Crippen molar-refractivity contribution in [2.45, 2.75) is 19.4 Å². The number of rotatable bonds is 2.